The first-order chi connectivity index (χ1) is 36.2. The van der Waals surface area contributed by atoms with E-state index in [9.17, 15) is 86.9 Å². The number of aromatic hydroxyl groups is 2. The molecule has 2 aliphatic rings. The summed E-state index contributed by atoms with van der Waals surface area (Å²) in [5, 5.41) is 60.9. The molecule has 18 N–H and O–H groups in total. The molecule has 24 nitrogen and oxygen atoms in total. The average molecular weight is 1170 g/mol. The molecule has 4 rings (SSSR count). The number of nitrogens with one attached hydrogen (secondary N) is 4. The Morgan fingerprint density at radius 1 is 0.646 bits per heavy atom. The Kier molecular flexibility index (Phi) is 29.1. The minimum absolute atomic E-state index is 0.0248. The number of likely N-dealkylation sites (tertiary alicyclic amines) is 1. The largest absolute Gasteiger partial charge is 0.508 e. The Bertz CT molecular complexity index is 2320. The molecule has 4 bridgehead atoms. The van der Waals surface area contributed by atoms with Gasteiger partial charge in [-0.3, -0.25) is 24.0 Å². The van der Waals surface area contributed by atoms with Crippen molar-refractivity contribution in [1.82, 2.24) is 26.2 Å². The molecule has 2 heterocycles. The highest BCUT2D eigenvalue weighted by molar-refractivity contribution is 5.96. The number of rotatable bonds is 12. The number of nitrogens with zero attached hydrogens (tertiary/aromatic N) is 1. The van der Waals surface area contributed by atoms with E-state index < -0.39 is 108 Å². The maximum Gasteiger partial charge on any atom is 0.490 e. The van der Waals surface area contributed by atoms with E-state index in [1.165, 1.54) is 17.0 Å². The number of phenols is 2. The van der Waals surface area contributed by atoms with Gasteiger partial charge >= 0.3 is 48.6 Å². The van der Waals surface area contributed by atoms with Gasteiger partial charge in [-0.1, -0.05) is 12.1 Å². The fourth-order valence-corrected chi connectivity index (χ4v) is 6.43. The van der Waals surface area contributed by atoms with Gasteiger partial charge in [0.2, 0.25) is 29.5 Å². The van der Waals surface area contributed by atoms with Crippen molar-refractivity contribution < 1.29 is 126 Å². The summed E-state index contributed by atoms with van der Waals surface area (Å²) in [6.07, 6.45) is -18.4. The van der Waals surface area contributed by atoms with E-state index in [4.69, 9.17) is 62.5 Å². The number of carboxylic acid groups (broad SMARTS) is 4. The number of carbonyl (C=O) groups excluding carboxylic acids is 5. The number of aliphatic carboxylic acids is 4. The third-order valence-corrected chi connectivity index (χ3v) is 10.2. The van der Waals surface area contributed by atoms with Gasteiger partial charge in [0.15, 0.2) is 0 Å². The number of hydrogen-bond donors (Lipinski definition) is 14. The van der Waals surface area contributed by atoms with Gasteiger partial charge < -0.3 is 79.7 Å². The summed E-state index contributed by atoms with van der Waals surface area (Å²) in [5.74, 6) is -14.0. The molecule has 79 heavy (non-hydrogen) atoms. The summed E-state index contributed by atoms with van der Waals surface area (Å²) >= 11 is 0. The van der Waals surface area contributed by atoms with E-state index in [2.05, 4.69) is 21.3 Å². The molecule has 0 aliphatic carbocycles. The summed E-state index contributed by atoms with van der Waals surface area (Å²) in [6, 6.07) is 4.37. The number of carbonyl (C=O) groups is 9. The molecule has 5 amide bonds. The first-order valence-corrected chi connectivity index (χ1v) is 22.4. The van der Waals surface area contributed by atoms with Crippen molar-refractivity contribution in [3.8, 4) is 22.6 Å². The highest BCUT2D eigenvalue weighted by Crippen LogP contribution is 2.32. The molecule has 2 aromatic rings. The Balaban J connectivity index is 0.00000176. The standard InChI is InChI=1S/C35H51N9O7.4C2HF3O2/c36-11-1-4-25(32(48)40-14-13-38)42-34(50)28-6-3-15-44(28)35(51)27-19-23-17-21(8-10-30(23)46)20-7-9-29(45)22(16-20)18-24(39)31(47)41-26(5-2-12-37)33(49)43-27;4*3-2(4,5)1(6)7/h7-10,16-17,24-28,45-46H,1-6,11-15,18-19,36-39H2,(H,40,48)(H,41,47)(H,42,50)(H,43,49);4*(H,6,7)/t24-,25-,26-,27-,28-;;;;/m0..../s1. The highest BCUT2D eigenvalue weighted by Gasteiger charge is 2.42. The van der Waals surface area contributed by atoms with Crippen molar-refractivity contribution in [3.63, 3.8) is 0 Å². The first-order valence-electron chi connectivity index (χ1n) is 22.4. The summed E-state index contributed by atoms with van der Waals surface area (Å²) in [5.41, 5.74) is 25.2. The zero-order valence-electron chi connectivity index (χ0n) is 40.7. The van der Waals surface area contributed by atoms with Crippen LogP contribution in [0.15, 0.2) is 36.4 Å². The molecule has 446 valence electrons. The summed E-state index contributed by atoms with van der Waals surface area (Å²) < 4.78 is 127. The van der Waals surface area contributed by atoms with Crippen LogP contribution in [0.5, 0.6) is 11.5 Å². The normalized spacial score (nSPS) is 17.8. The van der Waals surface area contributed by atoms with Crippen LogP contribution < -0.4 is 44.2 Å². The van der Waals surface area contributed by atoms with Crippen molar-refractivity contribution in [3.05, 3.63) is 47.5 Å². The zero-order valence-corrected chi connectivity index (χ0v) is 40.7. The van der Waals surface area contributed by atoms with Gasteiger partial charge in [-0.05, 0) is 98.1 Å². The second-order valence-electron chi connectivity index (χ2n) is 16.2. The Morgan fingerprint density at radius 3 is 1.48 bits per heavy atom. The summed E-state index contributed by atoms with van der Waals surface area (Å²) in [7, 11) is 0. The van der Waals surface area contributed by atoms with Crippen molar-refractivity contribution in [1.29, 1.82) is 0 Å². The lowest BCUT2D eigenvalue weighted by atomic mass is 9.95. The Labute approximate surface area is 437 Å². The molecule has 0 radical (unpaired) electrons. The van der Waals surface area contributed by atoms with Crippen LogP contribution in [0.3, 0.4) is 0 Å². The van der Waals surface area contributed by atoms with E-state index in [0.717, 1.165) is 0 Å². The van der Waals surface area contributed by atoms with E-state index in [1.807, 2.05) is 0 Å². The van der Waals surface area contributed by atoms with Crippen molar-refractivity contribution in [2.75, 3.05) is 32.7 Å². The molecular weight excluding hydrogens is 1110 g/mol. The minimum Gasteiger partial charge on any atom is -0.508 e. The molecule has 0 saturated carbocycles. The summed E-state index contributed by atoms with van der Waals surface area (Å²) in [4.78, 5) is 105. The van der Waals surface area contributed by atoms with Crippen LogP contribution in [-0.2, 0) is 56.0 Å². The van der Waals surface area contributed by atoms with Gasteiger partial charge in [-0.25, -0.2) is 19.2 Å². The lowest BCUT2D eigenvalue weighted by Crippen LogP contribution is -2.59. The zero-order chi connectivity index (χ0) is 61.4. The molecular formula is C43H55F12N9O15. The molecule has 2 aromatic carbocycles. The van der Waals surface area contributed by atoms with Crippen LogP contribution in [0, 0.1) is 0 Å². The number of carboxylic acids is 4. The molecule has 36 heteroatoms. The van der Waals surface area contributed by atoms with Crippen LogP contribution in [0.4, 0.5) is 52.7 Å². The van der Waals surface area contributed by atoms with Crippen LogP contribution in [-0.4, -0.2) is 177 Å². The van der Waals surface area contributed by atoms with Gasteiger partial charge in [0, 0.05) is 32.5 Å². The fraction of sp³-hybridized carbons (Fsp3) is 0.512. The van der Waals surface area contributed by atoms with E-state index in [0.29, 0.717) is 54.5 Å². The second-order valence-corrected chi connectivity index (χ2v) is 16.2. The average Bonchev–Trinajstić information content (AvgIpc) is 3.84. The molecule has 0 spiro atoms. The Hall–Kier alpha value is -7.73. The van der Waals surface area contributed by atoms with Crippen molar-refractivity contribution in [2.45, 2.75) is 106 Å². The van der Waals surface area contributed by atoms with Crippen LogP contribution in [0.2, 0.25) is 0 Å². The predicted molar refractivity (Wildman–Crippen MR) is 245 cm³/mol. The SMILES string of the molecule is NCCC[C@@H]1NC(=O)[C@@H](N)Cc2cc(ccc2O)-c2ccc(O)c(c2)C[C@@H](C(=O)N2CCC[C@H]2C(=O)N[C@@H](CCCN)C(=O)NCCN)NC1=O.O=C(O)C(F)(F)F.O=C(O)C(F)(F)F.O=C(O)C(F)(F)F.O=C(O)C(F)(F)F. The smallest absolute Gasteiger partial charge is 0.490 e. The number of alkyl halides is 12. The van der Waals surface area contributed by atoms with Gasteiger partial charge in [0.25, 0.3) is 0 Å². The number of halogens is 12. The van der Waals surface area contributed by atoms with E-state index in [-0.39, 0.29) is 63.4 Å². The third-order valence-electron chi connectivity index (χ3n) is 10.2. The van der Waals surface area contributed by atoms with Crippen LogP contribution >= 0.6 is 0 Å². The number of fused-ring (bicyclic) bond motifs is 5. The molecule has 1 fully saturated rings. The topological polar surface area (TPSA) is 430 Å². The van der Waals surface area contributed by atoms with Crippen molar-refractivity contribution in [2.24, 2.45) is 22.9 Å². The quantitative estimate of drug-likeness (QED) is 0.130. The van der Waals surface area contributed by atoms with Crippen LogP contribution in [0.25, 0.3) is 11.1 Å². The van der Waals surface area contributed by atoms with Crippen molar-refractivity contribution >= 4 is 53.4 Å². The van der Waals surface area contributed by atoms with E-state index >= 15 is 0 Å². The number of hydrogen-bond acceptors (Lipinski definition) is 15. The fourth-order valence-electron chi connectivity index (χ4n) is 6.43. The molecule has 2 aliphatic heterocycles. The maximum absolute atomic E-state index is 14.4. The number of nitrogens with two attached hydrogens (primary N) is 4. The van der Waals surface area contributed by atoms with Gasteiger partial charge in [0.05, 0.1) is 6.04 Å². The second kappa shape index (κ2) is 32.2. The number of amides is 5. The molecule has 5 atom stereocenters. The summed E-state index contributed by atoms with van der Waals surface area (Å²) in [6.45, 7) is 1.20. The third kappa shape index (κ3) is 26.0. The van der Waals surface area contributed by atoms with Gasteiger partial charge in [-0.2, -0.15) is 52.7 Å². The van der Waals surface area contributed by atoms with E-state index in [1.54, 1.807) is 24.3 Å². The van der Waals surface area contributed by atoms with Gasteiger partial charge in [0.1, 0.15) is 35.7 Å². The van der Waals surface area contributed by atoms with Crippen LogP contribution in [0.1, 0.15) is 49.7 Å². The number of benzene rings is 2. The first kappa shape index (κ1) is 71.3. The highest BCUT2D eigenvalue weighted by atomic mass is 19.4. The minimum atomic E-state index is -5.08. The molecule has 1 saturated heterocycles. The number of phenolic OH excluding ortho intramolecular Hbond substituents is 2. The molecule has 0 aromatic heterocycles. The molecule has 0 unspecified atom stereocenters. The lowest BCUT2D eigenvalue weighted by Gasteiger charge is -2.31. The maximum atomic E-state index is 14.4. The van der Waals surface area contributed by atoms with Gasteiger partial charge in [-0.15, -0.1) is 0 Å². The lowest BCUT2D eigenvalue weighted by molar-refractivity contribution is -0.193. The Morgan fingerprint density at radius 2 is 1.08 bits per heavy atom. The predicted octanol–water partition coefficient (Wildman–Crippen LogP) is 0.722. The monoisotopic (exact) mass is 1170 g/mol.